The second-order valence-corrected chi connectivity index (χ2v) is 4.15. The predicted octanol–water partition coefficient (Wildman–Crippen LogP) is 4.51. The number of hydrogen-bond acceptors (Lipinski definition) is 0. The van der Waals surface area contributed by atoms with E-state index in [1.165, 1.54) is 0 Å². The van der Waals surface area contributed by atoms with Gasteiger partial charge in [0.2, 0.25) is 0 Å². The molecule has 0 N–H and O–H groups in total. The Morgan fingerprint density at radius 3 is 2.13 bits per heavy atom. The second kappa shape index (κ2) is 4.58. The Morgan fingerprint density at radius 1 is 0.867 bits per heavy atom. The van der Waals surface area contributed by atoms with Crippen LogP contribution in [0.4, 0.5) is 4.39 Å². The normalized spacial score (nSPS) is 12.4. The van der Waals surface area contributed by atoms with Crippen LogP contribution in [0.2, 0.25) is 0 Å². The van der Waals surface area contributed by atoms with E-state index in [-0.39, 0.29) is 0 Å². The molecule has 0 bridgehead atoms. The first-order chi connectivity index (χ1) is 7.29. The van der Waals surface area contributed by atoms with Gasteiger partial charge in [-0.15, -0.1) is 0 Å². The van der Waals surface area contributed by atoms with Crippen molar-refractivity contribution in [3.63, 3.8) is 0 Å². The highest BCUT2D eigenvalue weighted by Gasteiger charge is 2.14. The number of benzene rings is 2. The Balaban J connectivity index is 2.37. The summed E-state index contributed by atoms with van der Waals surface area (Å²) in [7, 11) is 0. The fourth-order valence-corrected chi connectivity index (χ4v) is 1.97. The van der Waals surface area contributed by atoms with E-state index in [1.807, 2.05) is 36.4 Å². The van der Waals surface area contributed by atoms with Gasteiger partial charge in [0.25, 0.3) is 0 Å². The summed E-state index contributed by atoms with van der Waals surface area (Å²) in [5, 5.41) is 0. The molecule has 76 valence electrons. The standard InChI is InChI=1S/C13H10BrF/c14-12-9-5-4-8-11(12)13(15)10-6-2-1-3-7-10/h1-9,13H. The molecule has 0 radical (unpaired) electrons. The molecule has 0 aliphatic carbocycles. The Morgan fingerprint density at radius 2 is 1.47 bits per heavy atom. The van der Waals surface area contributed by atoms with E-state index in [0.29, 0.717) is 11.1 Å². The predicted molar refractivity (Wildman–Crippen MR) is 63.5 cm³/mol. The molecule has 0 nitrogen and oxygen atoms in total. The van der Waals surface area contributed by atoms with Crippen molar-refractivity contribution in [1.82, 2.24) is 0 Å². The smallest absolute Gasteiger partial charge is 0.151 e. The average molecular weight is 265 g/mol. The quantitative estimate of drug-likeness (QED) is 0.749. The van der Waals surface area contributed by atoms with Crippen LogP contribution in [0.5, 0.6) is 0 Å². The van der Waals surface area contributed by atoms with Crippen LogP contribution in [0, 0.1) is 0 Å². The third-order valence-electron chi connectivity index (χ3n) is 2.27. The number of alkyl halides is 1. The molecule has 0 spiro atoms. The average Bonchev–Trinajstić information content (AvgIpc) is 2.30. The lowest BCUT2D eigenvalue weighted by molar-refractivity contribution is 0.400. The third-order valence-corrected chi connectivity index (χ3v) is 2.99. The van der Waals surface area contributed by atoms with Gasteiger partial charge in [-0.1, -0.05) is 64.5 Å². The topological polar surface area (TPSA) is 0 Å². The molecule has 0 aliphatic rings. The summed E-state index contributed by atoms with van der Waals surface area (Å²) in [5.41, 5.74) is 1.35. The van der Waals surface area contributed by atoms with Crippen LogP contribution in [0.25, 0.3) is 0 Å². The molecule has 0 amide bonds. The molecule has 0 aromatic heterocycles. The highest BCUT2D eigenvalue weighted by Crippen LogP contribution is 2.31. The van der Waals surface area contributed by atoms with Gasteiger partial charge in [0, 0.05) is 10.0 Å². The highest BCUT2D eigenvalue weighted by molar-refractivity contribution is 9.10. The molecule has 15 heavy (non-hydrogen) atoms. The SMILES string of the molecule is FC(c1ccccc1)c1ccccc1Br. The van der Waals surface area contributed by atoms with E-state index in [2.05, 4.69) is 15.9 Å². The zero-order valence-electron chi connectivity index (χ0n) is 8.03. The van der Waals surface area contributed by atoms with Crippen molar-refractivity contribution < 1.29 is 4.39 Å². The molecular weight excluding hydrogens is 255 g/mol. The van der Waals surface area contributed by atoms with Crippen LogP contribution in [-0.2, 0) is 0 Å². The van der Waals surface area contributed by atoms with Gasteiger partial charge >= 0.3 is 0 Å². The van der Waals surface area contributed by atoms with Crippen LogP contribution in [0.15, 0.2) is 59.1 Å². The van der Waals surface area contributed by atoms with Gasteiger partial charge in [0.1, 0.15) is 0 Å². The molecule has 2 heteroatoms. The van der Waals surface area contributed by atoms with Gasteiger partial charge in [-0.3, -0.25) is 0 Å². The summed E-state index contributed by atoms with van der Waals surface area (Å²) < 4.78 is 14.9. The fraction of sp³-hybridized carbons (Fsp3) is 0.0769. The van der Waals surface area contributed by atoms with Gasteiger partial charge in [-0.2, -0.15) is 0 Å². The van der Waals surface area contributed by atoms with Crippen molar-refractivity contribution in [2.75, 3.05) is 0 Å². The fourth-order valence-electron chi connectivity index (χ4n) is 1.48. The Labute approximate surface area is 96.9 Å². The van der Waals surface area contributed by atoms with Crippen molar-refractivity contribution in [3.05, 3.63) is 70.2 Å². The minimum atomic E-state index is -1.07. The molecule has 1 unspecified atom stereocenters. The Kier molecular flexibility index (Phi) is 3.17. The van der Waals surface area contributed by atoms with E-state index < -0.39 is 6.17 Å². The maximum absolute atomic E-state index is 14.1. The van der Waals surface area contributed by atoms with Gasteiger partial charge in [0.15, 0.2) is 6.17 Å². The first kappa shape index (κ1) is 10.4. The van der Waals surface area contributed by atoms with Crippen LogP contribution in [0.1, 0.15) is 17.3 Å². The highest BCUT2D eigenvalue weighted by atomic mass is 79.9. The molecule has 2 aromatic rings. The van der Waals surface area contributed by atoms with Gasteiger partial charge in [0.05, 0.1) is 0 Å². The number of halogens is 2. The monoisotopic (exact) mass is 264 g/mol. The lowest BCUT2D eigenvalue weighted by Gasteiger charge is -2.10. The zero-order chi connectivity index (χ0) is 10.7. The van der Waals surface area contributed by atoms with Crippen molar-refractivity contribution in [2.24, 2.45) is 0 Å². The summed E-state index contributed by atoms with van der Waals surface area (Å²) >= 11 is 3.35. The largest absolute Gasteiger partial charge is 0.237 e. The first-order valence-corrected chi connectivity index (χ1v) is 5.52. The molecule has 0 saturated carbocycles. The molecule has 2 aromatic carbocycles. The zero-order valence-corrected chi connectivity index (χ0v) is 9.62. The van der Waals surface area contributed by atoms with Crippen LogP contribution in [-0.4, -0.2) is 0 Å². The van der Waals surface area contributed by atoms with Crippen LogP contribution < -0.4 is 0 Å². The van der Waals surface area contributed by atoms with Gasteiger partial charge < -0.3 is 0 Å². The molecule has 0 heterocycles. The molecule has 0 aliphatic heterocycles. The van der Waals surface area contributed by atoms with Crippen LogP contribution in [0.3, 0.4) is 0 Å². The number of hydrogen-bond donors (Lipinski definition) is 0. The van der Waals surface area contributed by atoms with Crippen molar-refractivity contribution >= 4 is 15.9 Å². The summed E-state index contributed by atoms with van der Waals surface area (Å²) in [6.07, 6.45) is -1.07. The molecular formula is C13H10BrF. The maximum atomic E-state index is 14.1. The van der Waals surface area contributed by atoms with E-state index >= 15 is 0 Å². The minimum Gasteiger partial charge on any atom is -0.237 e. The number of rotatable bonds is 2. The summed E-state index contributed by atoms with van der Waals surface area (Å²) in [6.45, 7) is 0. The molecule has 1 atom stereocenters. The Hall–Kier alpha value is -1.15. The maximum Gasteiger partial charge on any atom is 0.151 e. The van der Waals surface area contributed by atoms with E-state index in [0.717, 1.165) is 4.47 Å². The minimum absolute atomic E-state index is 0.670. The lowest BCUT2D eigenvalue weighted by Crippen LogP contribution is -1.94. The van der Waals surface area contributed by atoms with Crippen molar-refractivity contribution in [3.8, 4) is 0 Å². The van der Waals surface area contributed by atoms with Crippen molar-refractivity contribution in [1.29, 1.82) is 0 Å². The molecule has 2 rings (SSSR count). The Bertz CT molecular complexity index is 439. The van der Waals surface area contributed by atoms with Crippen molar-refractivity contribution in [2.45, 2.75) is 6.17 Å². The van der Waals surface area contributed by atoms with Gasteiger partial charge in [-0.25, -0.2) is 4.39 Å². The summed E-state index contributed by atoms with van der Waals surface area (Å²) in [4.78, 5) is 0. The van der Waals surface area contributed by atoms with Crippen LogP contribution >= 0.6 is 15.9 Å². The van der Waals surface area contributed by atoms with Gasteiger partial charge in [-0.05, 0) is 11.6 Å². The third kappa shape index (κ3) is 2.26. The van der Waals surface area contributed by atoms with E-state index in [4.69, 9.17) is 0 Å². The second-order valence-electron chi connectivity index (χ2n) is 3.29. The van der Waals surface area contributed by atoms with E-state index in [1.54, 1.807) is 18.2 Å². The van der Waals surface area contributed by atoms with E-state index in [9.17, 15) is 4.39 Å². The molecule has 0 saturated heterocycles. The summed E-state index contributed by atoms with van der Waals surface area (Å²) in [5.74, 6) is 0. The lowest BCUT2D eigenvalue weighted by atomic mass is 10.0. The summed E-state index contributed by atoms with van der Waals surface area (Å²) in [6, 6.07) is 16.5. The first-order valence-electron chi connectivity index (χ1n) is 4.72. The molecule has 0 fully saturated rings.